The highest BCUT2D eigenvalue weighted by Gasteiger charge is 2.18. The highest BCUT2D eigenvalue weighted by molar-refractivity contribution is 5.92. The first-order valence-corrected chi connectivity index (χ1v) is 7.11. The molecule has 0 aliphatic carbocycles. The third-order valence-corrected chi connectivity index (χ3v) is 3.97. The third kappa shape index (κ3) is 2.43. The Balaban J connectivity index is 1.96. The Labute approximate surface area is 114 Å². The van der Waals surface area contributed by atoms with Gasteiger partial charge in [-0.05, 0) is 24.9 Å². The van der Waals surface area contributed by atoms with Gasteiger partial charge in [0.15, 0.2) is 0 Å². The topological polar surface area (TPSA) is 19.4 Å². The molecule has 0 saturated carbocycles. The summed E-state index contributed by atoms with van der Waals surface area (Å²) in [6, 6.07) is 10.7. The van der Waals surface area contributed by atoms with Crippen molar-refractivity contribution in [2.75, 3.05) is 37.6 Å². The molecule has 100 valence electrons. The quantitative estimate of drug-likeness (QED) is 0.822. The zero-order valence-corrected chi connectivity index (χ0v) is 11.8. The van der Waals surface area contributed by atoms with E-state index in [4.69, 9.17) is 4.98 Å². The Bertz CT molecular complexity index is 571. The number of hydrogen-bond acceptors (Lipinski definition) is 3. The van der Waals surface area contributed by atoms with E-state index in [1.165, 1.54) is 10.8 Å². The molecule has 2 aromatic rings. The predicted molar refractivity (Wildman–Crippen MR) is 80.8 cm³/mol. The lowest BCUT2D eigenvalue weighted by molar-refractivity contribution is 0.271. The summed E-state index contributed by atoms with van der Waals surface area (Å²) < 4.78 is 0. The lowest BCUT2D eigenvalue weighted by Gasteiger charge is -2.35. The molecule has 0 amide bonds. The number of anilines is 1. The first kappa shape index (κ1) is 12.4. The number of piperazine rings is 1. The summed E-state index contributed by atoms with van der Waals surface area (Å²) >= 11 is 0. The maximum Gasteiger partial charge on any atom is 0.136 e. The van der Waals surface area contributed by atoms with Crippen molar-refractivity contribution in [1.82, 2.24) is 9.88 Å². The Morgan fingerprint density at radius 1 is 1.11 bits per heavy atom. The second kappa shape index (κ2) is 5.17. The SMILES string of the molecule is CCN1CCN(c2nc(C)cc3ccccc23)CC1. The smallest absolute Gasteiger partial charge is 0.136 e. The minimum absolute atomic E-state index is 1.08. The van der Waals surface area contributed by atoms with E-state index < -0.39 is 0 Å². The van der Waals surface area contributed by atoms with Gasteiger partial charge in [-0.2, -0.15) is 0 Å². The van der Waals surface area contributed by atoms with Gasteiger partial charge < -0.3 is 9.80 Å². The zero-order chi connectivity index (χ0) is 13.2. The number of likely N-dealkylation sites (N-methyl/N-ethyl adjacent to an activating group) is 1. The fourth-order valence-corrected chi connectivity index (χ4v) is 2.83. The van der Waals surface area contributed by atoms with Crippen LogP contribution in [0.5, 0.6) is 0 Å². The Morgan fingerprint density at radius 3 is 2.58 bits per heavy atom. The van der Waals surface area contributed by atoms with Crippen molar-refractivity contribution in [3.05, 3.63) is 36.0 Å². The molecule has 19 heavy (non-hydrogen) atoms. The number of pyridine rings is 1. The lowest BCUT2D eigenvalue weighted by atomic mass is 10.1. The van der Waals surface area contributed by atoms with E-state index in [-0.39, 0.29) is 0 Å². The average molecular weight is 255 g/mol. The monoisotopic (exact) mass is 255 g/mol. The molecular weight excluding hydrogens is 234 g/mol. The molecule has 1 aromatic heterocycles. The van der Waals surface area contributed by atoms with Crippen LogP contribution in [0.3, 0.4) is 0 Å². The first-order valence-electron chi connectivity index (χ1n) is 7.11. The van der Waals surface area contributed by atoms with Crippen LogP contribution >= 0.6 is 0 Å². The summed E-state index contributed by atoms with van der Waals surface area (Å²) in [6.07, 6.45) is 0. The van der Waals surface area contributed by atoms with E-state index in [0.717, 1.165) is 44.2 Å². The number of hydrogen-bond donors (Lipinski definition) is 0. The van der Waals surface area contributed by atoms with Crippen LogP contribution in [0.4, 0.5) is 5.82 Å². The molecule has 0 bridgehead atoms. The molecule has 3 heteroatoms. The molecule has 0 unspecified atom stereocenters. The predicted octanol–water partition coefficient (Wildman–Crippen LogP) is 2.69. The second-order valence-corrected chi connectivity index (χ2v) is 5.23. The molecule has 0 atom stereocenters. The molecular formula is C16H21N3. The summed E-state index contributed by atoms with van der Waals surface area (Å²) in [5.74, 6) is 1.16. The van der Waals surface area contributed by atoms with E-state index in [1.807, 2.05) is 0 Å². The highest BCUT2D eigenvalue weighted by Crippen LogP contribution is 2.26. The van der Waals surface area contributed by atoms with Crippen molar-refractivity contribution in [3.63, 3.8) is 0 Å². The second-order valence-electron chi connectivity index (χ2n) is 5.23. The number of benzene rings is 1. The largest absolute Gasteiger partial charge is 0.354 e. The highest BCUT2D eigenvalue weighted by atomic mass is 15.3. The van der Waals surface area contributed by atoms with Crippen LogP contribution in [0, 0.1) is 6.92 Å². The van der Waals surface area contributed by atoms with Crippen molar-refractivity contribution in [3.8, 4) is 0 Å². The van der Waals surface area contributed by atoms with Gasteiger partial charge in [0.05, 0.1) is 0 Å². The van der Waals surface area contributed by atoms with Gasteiger partial charge in [-0.3, -0.25) is 0 Å². The molecule has 1 aromatic carbocycles. The van der Waals surface area contributed by atoms with Crippen LogP contribution in [-0.4, -0.2) is 42.6 Å². The van der Waals surface area contributed by atoms with Crippen LogP contribution in [0.1, 0.15) is 12.6 Å². The molecule has 3 nitrogen and oxygen atoms in total. The maximum atomic E-state index is 4.78. The summed E-state index contributed by atoms with van der Waals surface area (Å²) in [6.45, 7) is 9.90. The first-order chi connectivity index (χ1) is 9.28. The molecule has 3 rings (SSSR count). The summed E-state index contributed by atoms with van der Waals surface area (Å²) in [7, 11) is 0. The van der Waals surface area contributed by atoms with Crippen molar-refractivity contribution >= 4 is 16.6 Å². The van der Waals surface area contributed by atoms with Gasteiger partial charge in [-0.15, -0.1) is 0 Å². The molecule has 0 radical (unpaired) electrons. The number of rotatable bonds is 2. The number of aromatic nitrogens is 1. The molecule has 0 spiro atoms. The number of fused-ring (bicyclic) bond motifs is 1. The third-order valence-electron chi connectivity index (χ3n) is 3.97. The van der Waals surface area contributed by atoms with E-state index in [0.29, 0.717) is 0 Å². The van der Waals surface area contributed by atoms with E-state index in [2.05, 4.69) is 54.0 Å². The maximum absolute atomic E-state index is 4.78. The van der Waals surface area contributed by atoms with Gasteiger partial charge in [-0.1, -0.05) is 31.2 Å². The van der Waals surface area contributed by atoms with Gasteiger partial charge in [-0.25, -0.2) is 4.98 Å². The molecule has 0 N–H and O–H groups in total. The number of aryl methyl sites for hydroxylation is 1. The Hall–Kier alpha value is -1.61. The van der Waals surface area contributed by atoms with Crippen LogP contribution < -0.4 is 4.90 Å². The molecule has 1 aliphatic rings. The van der Waals surface area contributed by atoms with Crippen molar-refractivity contribution in [2.24, 2.45) is 0 Å². The van der Waals surface area contributed by atoms with Crippen LogP contribution in [-0.2, 0) is 0 Å². The molecule has 1 saturated heterocycles. The Kier molecular flexibility index (Phi) is 3.38. The van der Waals surface area contributed by atoms with E-state index in [9.17, 15) is 0 Å². The van der Waals surface area contributed by atoms with Gasteiger partial charge in [0.2, 0.25) is 0 Å². The van der Waals surface area contributed by atoms with Crippen LogP contribution in [0.25, 0.3) is 10.8 Å². The summed E-state index contributed by atoms with van der Waals surface area (Å²) in [4.78, 5) is 9.71. The average Bonchev–Trinajstić information content (AvgIpc) is 2.46. The van der Waals surface area contributed by atoms with E-state index >= 15 is 0 Å². The molecule has 1 fully saturated rings. The van der Waals surface area contributed by atoms with Crippen LogP contribution in [0.15, 0.2) is 30.3 Å². The van der Waals surface area contributed by atoms with Crippen molar-refractivity contribution < 1.29 is 0 Å². The normalized spacial score (nSPS) is 17.1. The van der Waals surface area contributed by atoms with Gasteiger partial charge >= 0.3 is 0 Å². The minimum Gasteiger partial charge on any atom is -0.354 e. The number of nitrogens with zero attached hydrogens (tertiary/aromatic N) is 3. The van der Waals surface area contributed by atoms with Crippen molar-refractivity contribution in [1.29, 1.82) is 0 Å². The Morgan fingerprint density at radius 2 is 1.84 bits per heavy atom. The van der Waals surface area contributed by atoms with Gasteiger partial charge in [0.1, 0.15) is 5.82 Å². The van der Waals surface area contributed by atoms with E-state index in [1.54, 1.807) is 0 Å². The minimum atomic E-state index is 1.08. The molecule has 2 heterocycles. The fraction of sp³-hybridized carbons (Fsp3) is 0.438. The van der Waals surface area contributed by atoms with Crippen molar-refractivity contribution in [2.45, 2.75) is 13.8 Å². The standard InChI is InChI=1S/C16H21N3/c1-3-18-8-10-19(11-9-18)16-15-7-5-4-6-14(15)12-13(2)17-16/h4-7,12H,3,8-11H2,1-2H3. The zero-order valence-electron chi connectivity index (χ0n) is 11.8. The van der Waals surface area contributed by atoms with Gasteiger partial charge in [0, 0.05) is 37.3 Å². The van der Waals surface area contributed by atoms with Crippen LogP contribution in [0.2, 0.25) is 0 Å². The summed E-state index contributed by atoms with van der Waals surface area (Å²) in [5.41, 5.74) is 1.10. The van der Waals surface area contributed by atoms with Gasteiger partial charge in [0.25, 0.3) is 0 Å². The summed E-state index contributed by atoms with van der Waals surface area (Å²) in [5, 5.41) is 2.57. The lowest BCUT2D eigenvalue weighted by Crippen LogP contribution is -2.46. The molecule has 1 aliphatic heterocycles. The fourth-order valence-electron chi connectivity index (χ4n) is 2.83.